The first-order chi connectivity index (χ1) is 8.82. The smallest absolute Gasteiger partial charge is 0.406 e. The largest absolute Gasteiger partial charge is 0.573 e. The molecule has 1 aliphatic rings. The van der Waals surface area contributed by atoms with Gasteiger partial charge >= 0.3 is 6.36 Å². The Kier molecular flexibility index (Phi) is 4.00. The summed E-state index contributed by atoms with van der Waals surface area (Å²) in [7, 11) is 0. The normalized spacial score (nSPS) is 19.0. The summed E-state index contributed by atoms with van der Waals surface area (Å²) < 4.78 is 40.0. The molecule has 1 fully saturated rings. The summed E-state index contributed by atoms with van der Waals surface area (Å²) in [4.78, 5) is 0. The molecule has 1 saturated carbocycles. The Morgan fingerprint density at radius 3 is 2.21 bits per heavy atom. The monoisotopic (exact) mass is 292 g/mol. The third-order valence-electron chi connectivity index (χ3n) is 3.63. The van der Waals surface area contributed by atoms with Gasteiger partial charge in [0.1, 0.15) is 5.75 Å². The molecule has 0 spiro atoms. The first-order valence-corrected chi connectivity index (χ1v) is 6.76. The van der Waals surface area contributed by atoms with Gasteiger partial charge < -0.3 is 4.74 Å². The van der Waals surface area contributed by atoms with Gasteiger partial charge in [0.25, 0.3) is 0 Å². The van der Waals surface area contributed by atoms with Crippen LogP contribution in [0.5, 0.6) is 5.75 Å². The Morgan fingerprint density at radius 1 is 1.21 bits per heavy atom. The molecule has 1 atom stereocenters. The van der Waals surface area contributed by atoms with Gasteiger partial charge in [0, 0.05) is 5.88 Å². The van der Waals surface area contributed by atoms with E-state index in [2.05, 4.69) is 11.7 Å². The zero-order valence-corrected chi connectivity index (χ0v) is 11.4. The second-order valence-corrected chi connectivity index (χ2v) is 5.70. The highest BCUT2D eigenvalue weighted by Gasteiger charge is 2.40. The van der Waals surface area contributed by atoms with E-state index in [9.17, 15) is 13.2 Å². The predicted molar refractivity (Wildman–Crippen MR) is 68.4 cm³/mol. The van der Waals surface area contributed by atoms with E-state index in [1.165, 1.54) is 25.0 Å². The maximum Gasteiger partial charge on any atom is 0.573 e. The fourth-order valence-corrected chi connectivity index (χ4v) is 2.67. The molecule has 1 aromatic carbocycles. The van der Waals surface area contributed by atoms with E-state index in [1.54, 1.807) is 12.1 Å². The molecule has 0 saturated heterocycles. The Morgan fingerprint density at radius 2 is 1.79 bits per heavy atom. The van der Waals surface area contributed by atoms with Crippen molar-refractivity contribution < 1.29 is 17.9 Å². The van der Waals surface area contributed by atoms with Crippen LogP contribution in [0, 0.1) is 11.3 Å². The summed E-state index contributed by atoms with van der Waals surface area (Å²) in [6, 6.07) is 6.05. The third-order valence-corrected chi connectivity index (χ3v) is 4.24. The molecule has 0 radical (unpaired) electrons. The second-order valence-electron chi connectivity index (χ2n) is 5.43. The van der Waals surface area contributed by atoms with Crippen LogP contribution in [0.3, 0.4) is 0 Å². The van der Waals surface area contributed by atoms with Gasteiger partial charge in [-0.2, -0.15) is 0 Å². The van der Waals surface area contributed by atoms with Gasteiger partial charge in [-0.05, 0) is 48.3 Å². The van der Waals surface area contributed by atoms with Crippen LogP contribution in [-0.4, -0.2) is 12.2 Å². The molecule has 1 aromatic rings. The predicted octanol–water partition coefficient (Wildman–Crippen LogP) is 4.78. The molecule has 5 heteroatoms. The molecule has 0 aliphatic heterocycles. The van der Waals surface area contributed by atoms with Crippen LogP contribution in [-0.2, 0) is 6.42 Å². The Balaban J connectivity index is 2.02. The highest BCUT2D eigenvalue weighted by molar-refractivity contribution is 6.18. The van der Waals surface area contributed by atoms with Crippen molar-refractivity contribution in [1.29, 1.82) is 0 Å². The lowest BCUT2D eigenvalue weighted by molar-refractivity contribution is -0.274. The van der Waals surface area contributed by atoms with Gasteiger partial charge in [-0.3, -0.25) is 0 Å². The number of ether oxygens (including phenoxy) is 1. The highest BCUT2D eigenvalue weighted by Crippen LogP contribution is 2.48. The van der Waals surface area contributed by atoms with Gasteiger partial charge in [-0.25, -0.2) is 0 Å². The van der Waals surface area contributed by atoms with Crippen LogP contribution in [0.4, 0.5) is 13.2 Å². The van der Waals surface area contributed by atoms with Crippen molar-refractivity contribution >= 4 is 11.6 Å². The molecular formula is C14H16ClF3O. The van der Waals surface area contributed by atoms with E-state index >= 15 is 0 Å². The van der Waals surface area contributed by atoms with Gasteiger partial charge in [0.05, 0.1) is 0 Å². The molecule has 0 N–H and O–H groups in total. The molecule has 0 heterocycles. The van der Waals surface area contributed by atoms with E-state index in [-0.39, 0.29) is 11.2 Å². The van der Waals surface area contributed by atoms with E-state index in [4.69, 9.17) is 11.6 Å². The molecule has 0 amide bonds. The summed E-state index contributed by atoms with van der Waals surface area (Å²) in [6.07, 6.45) is -1.47. The lowest BCUT2D eigenvalue weighted by Gasteiger charge is -2.27. The lowest BCUT2D eigenvalue weighted by atomic mass is 9.81. The van der Waals surface area contributed by atoms with Crippen molar-refractivity contribution in [2.75, 3.05) is 5.88 Å². The van der Waals surface area contributed by atoms with Crippen LogP contribution in [0.1, 0.15) is 25.3 Å². The molecule has 0 aromatic heterocycles. The van der Waals surface area contributed by atoms with Crippen molar-refractivity contribution in [3.8, 4) is 5.75 Å². The fraction of sp³-hybridized carbons (Fsp3) is 0.571. The Hall–Kier alpha value is -0.900. The van der Waals surface area contributed by atoms with Crippen molar-refractivity contribution in [1.82, 2.24) is 0 Å². The number of halogens is 4. The third kappa shape index (κ3) is 4.03. The second kappa shape index (κ2) is 5.23. The van der Waals surface area contributed by atoms with E-state index < -0.39 is 6.36 Å². The summed E-state index contributed by atoms with van der Waals surface area (Å²) >= 11 is 6.04. The molecule has 2 rings (SSSR count). The molecule has 1 aliphatic carbocycles. The van der Waals surface area contributed by atoms with E-state index in [0.29, 0.717) is 11.8 Å². The maximum absolute atomic E-state index is 12.0. The SMILES string of the molecule is CC(CCl)(Cc1ccc(OC(F)(F)F)cc1)C1CC1. The number of hydrogen-bond acceptors (Lipinski definition) is 1. The molecule has 1 unspecified atom stereocenters. The van der Waals surface area contributed by atoms with Gasteiger partial charge in [0.2, 0.25) is 0 Å². The molecule has 106 valence electrons. The number of rotatable bonds is 5. The minimum Gasteiger partial charge on any atom is -0.406 e. The van der Waals surface area contributed by atoms with Crippen LogP contribution in [0.25, 0.3) is 0 Å². The van der Waals surface area contributed by atoms with Gasteiger partial charge in [-0.15, -0.1) is 24.8 Å². The molecule has 19 heavy (non-hydrogen) atoms. The number of alkyl halides is 4. The first kappa shape index (κ1) is 14.5. The van der Waals surface area contributed by atoms with Crippen LogP contribution >= 0.6 is 11.6 Å². The maximum atomic E-state index is 12.0. The quantitative estimate of drug-likeness (QED) is 0.710. The number of benzene rings is 1. The Labute approximate surface area is 115 Å². The highest BCUT2D eigenvalue weighted by atomic mass is 35.5. The summed E-state index contributed by atoms with van der Waals surface area (Å²) in [5, 5.41) is 0. The van der Waals surface area contributed by atoms with Crippen molar-refractivity contribution in [2.45, 2.75) is 32.5 Å². The molecule has 1 nitrogen and oxygen atoms in total. The van der Waals surface area contributed by atoms with Crippen LogP contribution in [0.2, 0.25) is 0 Å². The summed E-state index contributed by atoms with van der Waals surface area (Å²) in [6.45, 7) is 2.14. The van der Waals surface area contributed by atoms with Crippen molar-refractivity contribution in [2.24, 2.45) is 11.3 Å². The van der Waals surface area contributed by atoms with Crippen LogP contribution in [0.15, 0.2) is 24.3 Å². The minimum absolute atomic E-state index is 0.0357. The summed E-state index contributed by atoms with van der Waals surface area (Å²) in [5.41, 5.74) is 1.03. The standard InChI is InChI=1S/C14H16ClF3O/c1-13(9-15,11-4-5-11)8-10-2-6-12(7-3-10)19-14(16,17)18/h2-3,6-7,11H,4-5,8-9H2,1H3. The number of hydrogen-bond donors (Lipinski definition) is 0. The van der Waals surface area contributed by atoms with Crippen LogP contribution < -0.4 is 4.74 Å². The zero-order valence-electron chi connectivity index (χ0n) is 10.6. The average molecular weight is 293 g/mol. The summed E-state index contributed by atoms with van der Waals surface area (Å²) in [5.74, 6) is 1.02. The topological polar surface area (TPSA) is 9.23 Å². The van der Waals surface area contributed by atoms with Gasteiger partial charge in [-0.1, -0.05) is 19.1 Å². The minimum atomic E-state index is -4.64. The average Bonchev–Trinajstić information content (AvgIpc) is 3.14. The van der Waals surface area contributed by atoms with Crippen molar-refractivity contribution in [3.05, 3.63) is 29.8 Å². The fourth-order valence-electron chi connectivity index (χ4n) is 2.36. The molecular weight excluding hydrogens is 277 g/mol. The molecule has 0 bridgehead atoms. The van der Waals surface area contributed by atoms with Crippen molar-refractivity contribution in [3.63, 3.8) is 0 Å². The van der Waals surface area contributed by atoms with E-state index in [0.717, 1.165) is 12.0 Å². The first-order valence-electron chi connectivity index (χ1n) is 6.23. The van der Waals surface area contributed by atoms with E-state index in [1.807, 2.05) is 0 Å². The van der Waals surface area contributed by atoms with Gasteiger partial charge in [0.15, 0.2) is 0 Å². The zero-order chi connectivity index (χ0) is 14.1. The Bertz CT molecular complexity index is 425. The lowest BCUT2D eigenvalue weighted by Crippen LogP contribution is -2.24.